The van der Waals surface area contributed by atoms with Gasteiger partial charge in [0.05, 0.1) is 12.6 Å². The van der Waals surface area contributed by atoms with Gasteiger partial charge in [-0.25, -0.2) is 0 Å². The number of amides is 2. The Morgan fingerprint density at radius 2 is 1.65 bits per heavy atom. The smallest absolute Gasteiger partial charge is 0.239 e. The van der Waals surface area contributed by atoms with E-state index in [4.69, 9.17) is 0 Å². The fraction of sp³-hybridized carbons (Fsp3) is 0.867. The Morgan fingerprint density at radius 3 is 2.20 bits per heavy atom. The summed E-state index contributed by atoms with van der Waals surface area (Å²) in [6.45, 7) is 9.85. The first-order valence-electron chi connectivity index (χ1n) is 7.73. The number of likely N-dealkylation sites (tertiary alicyclic amines) is 1. The topological polar surface area (TPSA) is 61.4 Å². The largest absolute Gasteiger partial charge is 0.352 e. The van der Waals surface area contributed by atoms with Crippen LogP contribution >= 0.6 is 0 Å². The van der Waals surface area contributed by atoms with E-state index >= 15 is 0 Å². The standard InChI is InChI=1S/C15H29N3O2/c1-11(2)12(3)17-14(19)10-16-13(4)15(20)18-8-6-5-7-9-18/h11-13,16H,5-10H2,1-4H3,(H,17,19). The van der Waals surface area contributed by atoms with Crippen LogP contribution in [0.5, 0.6) is 0 Å². The minimum absolute atomic E-state index is 0.0514. The summed E-state index contributed by atoms with van der Waals surface area (Å²) in [5.41, 5.74) is 0. The zero-order chi connectivity index (χ0) is 15.1. The molecule has 1 saturated heterocycles. The van der Waals surface area contributed by atoms with Crippen molar-refractivity contribution in [3.63, 3.8) is 0 Å². The lowest BCUT2D eigenvalue weighted by atomic mass is 10.1. The quantitative estimate of drug-likeness (QED) is 0.768. The number of nitrogens with zero attached hydrogens (tertiary/aromatic N) is 1. The average Bonchev–Trinajstić information content (AvgIpc) is 2.44. The van der Waals surface area contributed by atoms with Crippen molar-refractivity contribution in [2.45, 2.75) is 59.0 Å². The van der Waals surface area contributed by atoms with Crippen LogP contribution in [0.4, 0.5) is 0 Å². The van der Waals surface area contributed by atoms with Crippen LogP contribution in [0.3, 0.4) is 0 Å². The molecule has 5 heteroatoms. The molecule has 1 fully saturated rings. The maximum Gasteiger partial charge on any atom is 0.239 e. The highest BCUT2D eigenvalue weighted by molar-refractivity contribution is 5.83. The molecule has 2 amide bonds. The second-order valence-electron chi connectivity index (χ2n) is 6.09. The molecule has 0 aliphatic carbocycles. The van der Waals surface area contributed by atoms with Crippen LogP contribution in [-0.4, -0.2) is 48.4 Å². The monoisotopic (exact) mass is 283 g/mol. The molecule has 5 nitrogen and oxygen atoms in total. The Hall–Kier alpha value is -1.10. The molecule has 0 aromatic carbocycles. The molecule has 20 heavy (non-hydrogen) atoms. The molecule has 2 atom stereocenters. The van der Waals surface area contributed by atoms with Crippen molar-refractivity contribution in [1.29, 1.82) is 0 Å². The van der Waals surface area contributed by atoms with Gasteiger partial charge in [-0.15, -0.1) is 0 Å². The third-order valence-corrected chi connectivity index (χ3v) is 4.00. The summed E-state index contributed by atoms with van der Waals surface area (Å²) in [4.78, 5) is 25.8. The molecule has 1 rings (SSSR count). The Morgan fingerprint density at radius 1 is 1.05 bits per heavy atom. The van der Waals surface area contributed by atoms with Gasteiger partial charge in [0.1, 0.15) is 0 Å². The van der Waals surface area contributed by atoms with Crippen LogP contribution in [0.25, 0.3) is 0 Å². The van der Waals surface area contributed by atoms with Gasteiger partial charge in [-0.3, -0.25) is 14.9 Å². The Bertz CT molecular complexity index is 325. The fourth-order valence-electron chi connectivity index (χ4n) is 2.19. The van der Waals surface area contributed by atoms with Gasteiger partial charge in [0, 0.05) is 19.1 Å². The lowest BCUT2D eigenvalue weighted by molar-refractivity contribution is -0.134. The number of rotatable bonds is 6. The molecule has 1 heterocycles. The van der Waals surface area contributed by atoms with Gasteiger partial charge >= 0.3 is 0 Å². The van der Waals surface area contributed by atoms with E-state index in [1.54, 1.807) is 0 Å². The van der Waals surface area contributed by atoms with Gasteiger partial charge in [0.2, 0.25) is 11.8 Å². The maximum atomic E-state index is 12.2. The van der Waals surface area contributed by atoms with Crippen molar-refractivity contribution in [2.75, 3.05) is 19.6 Å². The molecular weight excluding hydrogens is 254 g/mol. The molecule has 0 aromatic heterocycles. The molecule has 0 saturated carbocycles. The molecule has 116 valence electrons. The zero-order valence-electron chi connectivity index (χ0n) is 13.2. The van der Waals surface area contributed by atoms with Crippen LogP contribution in [0.15, 0.2) is 0 Å². The molecule has 0 spiro atoms. The van der Waals surface area contributed by atoms with Crippen molar-refractivity contribution in [3.8, 4) is 0 Å². The van der Waals surface area contributed by atoms with Gasteiger partial charge in [-0.1, -0.05) is 13.8 Å². The maximum absolute atomic E-state index is 12.2. The molecule has 0 aromatic rings. The highest BCUT2D eigenvalue weighted by atomic mass is 16.2. The SMILES string of the molecule is CC(NCC(=O)NC(C)C(C)C)C(=O)N1CCCCC1. The zero-order valence-corrected chi connectivity index (χ0v) is 13.2. The summed E-state index contributed by atoms with van der Waals surface area (Å²) in [5, 5.41) is 5.95. The molecule has 2 unspecified atom stereocenters. The van der Waals surface area contributed by atoms with E-state index in [0.29, 0.717) is 5.92 Å². The third kappa shape index (κ3) is 5.49. The van der Waals surface area contributed by atoms with Gasteiger partial charge in [-0.2, -0.15) is 0 Å². The molecule has 0 radical (unpaired) electrons. The van der Waals surface area contributed by atoms with Crippen molar-refractivity contribution in [2.24, 2.45) is 5.92 Å². The van der Waals surface area contributed by atoms with Crippen LogP contribution in [0, 0.1) is 5.92 Å². The van der Waals surface area contributed by atoms with Crippen molar-refractivity contribution < 1.29 is 9.59 Å². The predicted octanol–water partition coefficient (Wildman–Crippen LogP) is 1.14. The van der Waals surface area contributed by atoms with Gasteiger partial charge in [0.15, 0.2) is 0 Å². The number of hydrogen-bond donors (Lipinski definition) is 2. The molecule has 2 N–H and O–H groups in total. The first-order valence-corrected chi connectivity index (χ1v) is 7.73. The number of piperidine rings is 1. The van der Waals surface area contributed by atoms with Crippen LogP contribution in [-0.2, 0) is 9.59 Å². The minimum atomic E-state index is -0.298. The molecule has 1 aliphatic rings. The highest BCUT2D eigenvalue weighted by Crippen LogP contribution is 2.09. The van der Waals surface area contributed by atoms with E-state index in [-0.39, 0.29) is 30.4 Å². The normalized spacial score (nSPS) is 18.8. The summed E-state index contributed by atoms with van der Waals surface area (Å²) < 4.78 is 0. The van der Waals surface area contributed by atoms with Crippen molar-refractivity contribution in [1.82, 2.24) is 15.5 Å². The molecule has 0 bridgehead atoms. The van der Waals surface area contributed by atoms with E-state index in [1.807, 2.05) is 18.7 Å². The average molecular weight is 283 g/mol. The summed E-state index contributed by atoms with van der Waals surface area (Å²) >= 11 is 0. The molecule has 1 aliphatic heterocycles. The van der Waals surface area contributed by atoms with Crippen LogP contribution < -0.4 is 10.6 Å². The van der Waals surface area contributed by atoms with E-state index in [1.165, 1.54) is 6.42 Å². The number of hydrogen-bond acceptors (Lipinski definition) is 3. The van der Waals surface area contributed by atoms with E-state index in [2.05, 4.69) is 24.5 Å². The minimum Gasteiger partial charge on any atom is -0.352 e. The predicted molar refractivity (Wildman–Crippen MR) is 80.3 cm³/mol. The van der Waals surface area contributed by atoms with Gasteiger partial charge < -0.3 is 10.2 Å². The molecular formula is C15H29N3O2. The lowest BCUT2D eigenvalue weighted by Crippen LogP contribution is -2.50. The number of carbonyl (C=O) groups is 2. The van der Waals surface area contributed by atoms with Gasteiger partial charge in [-0.05, 0) is 39.0 Å². The van der Waals surface area contributed by atoms with Crippen LogP contribution in [0.2, 0.25) is 0 Å². The van der Waals surface area contributed by atoms with Gasteiger partial charge in [0.25, 0.3) is 0 Å². The number of nitrogens with one attached hydrogen (secondary N) is 2. The third-order valence-electron chi connectivity index (χ3n) is 4.00. The van der Waals surface area contributed by atoms with E-state index in [0.717, 1.165) is 25.9 Å². The van der Waals surface area contributed by atoms with E-state index in [9.17, 15) is 9.59 Å². The second kappa shape index (κ2) is 8.25. The first kappa shape index (κ1) is 17.0. The summed E-state index contributed by atoms with van der Waals surface area (Å²) in [6, 6.07) is -0.148. The van der Waals surface area contributed by atoms with E-state index < -0.39 is 0 Å². The summed E-state index contributed by atoms with van der Waals surface area (Å²) in [7, 11) is 0. The Labute approximate surface area is 122 Å². The lowest BCUT2D eigenvalue weighted by Gasteiger charge is -2.29. The summed E-state index contributed by atoms with van der Waals surface area (Å²) in [6.07, 6.45) is 3.39. The van der Waals surface area contributed by atoms with Crippen molar-refractivity contribution >= 4 is 11.8 Å². The Kier molecular flexibility index (Phi) is 6.99. The highest BCUT2D eigenvalue weighted by Gasteiger charge is 2.22. The second-order valence-corrected chi connectivity index (χ2v) is 6.09. The number of carbonyl (C=O) groups excluding carboxylic acids is 2. The van der Waals surface area contributed by atoms with Crippen LogP contribution in [0.1, 0.15) is 47.0 Å². The van der Waals surface area contributed by atoms with Crippen molar-refractivity contribution in [3.05, 3.63) is 0 Å². The summed E-state index contributed by atoms with van der Waals surface area (Å²) in [5.74, 6) is 0.463. The first-order chi connectivity index (χ1) is 9.41. The fourth-order valence-corrected chi connectivity index (χ4v) is 2.19. The Balaban J connectivity index is 2.29.